The summed E-state index contributed by atoms with van der Waals surface area (Å²) in [5, 5.41) is 21.5. The highest BCUT2D eigenvalue weighted by molar-refractivity contribution is 5.52. The van der Waals surface area contributed by atoms with Crippen molar-refractivity contribution < 1.29 is 14.1 Å². The van der Waals surface area contributed by atoms with Gasteiger partial charge in [0.2, 0.25) is 5.69 Å². The Morgan fingerprint density at radius 2 is 1.79 bits per heavy atom. The Morgan fingerprint density at radius 1 is 1.11 bits per heavy atom. The monoisotopic (exact) mass is 256 g/mol. The van der Waals surface area contributed by atoms with Crippen LogP contribution >= 0.6 is 0 Å². The Morgan fingerprint density at radius 3 is 2.37 bits per heavy atom. The molecule has 0 radical (unpaired) electrons. The summed E-state index contributed by atoms with van der Waals surface area (Å²) >= 11 is 0. The molecule has 2 rings (SSSR count). The molecule has 0 saturated carbocycles. The Kier molecular flexibility index (Phi) is 3.30. The van der Waals surface area contributed by atoms with E-state index in [0.717, 1.165) is 6.26 Å². The molecule has 0 aliphatic carbocycles. The average molecular weight is 256 g/mol. The average Bonchev–Trinajstić information content (AvgIpc) is 2.85. The molecule has 0 N–H and O–H groups in total. The zero-order chi connectivity index (χ0) is 13.8. The first kappa shape index (κ1) is 12.4. The fourth-order valence-corrected chi connectivity index (χ4v) is 1.38. The van der Waals surface area contributed by atoms with Crippen molar-refractivity contribution >= 4 is 18.1 Å². The molecule has 0 saturated heterocycles. The molecule has 1 aromatic heterocycles. The van der Waals surface area contributed by atoms with Gasteiger partial charge in [-0.15, -0.1) is 0 Å². The van der Waals surface area contributed by atoms with Crippen LogP contribution in [-0.2, 0) is 0 Å². The van der Waals surface area contributed by atoms with Gasteiger partial charge in [0.05, 0.1) is 4.92 Å². The third kappa shape index (κ3) is 2.79. The van der Waals surface area contributed by atoms with E-state index < -0.39 is 4.92 Å². The highest BCUT2D eigenvalue weighted by Crippen LogP contribution is 2.18. The van der Waals surface area contributed by atoms with Crippen molar-refractivity contribution in [2.24, 2.45) is 0 Å². The lowest BCUT2D eigenvalue weighted by Gasteiger charge is -1.98. The summed E-state index contributed by atoms with van der Waals surface area (Å²) in [7, 11) is 0. The maximum atomic E-state index is 10.9. The van der Waals surface area contributed by atoms with Crippen molar-refractivity contribution in [2.45, 2.75) is 0 Å². The topological polar surface area (TPSA) is 82.3 Å². The Hall–Kier alpha value is -3.07. The lowest BCUT2D eigenvalue weighted by molar-refractivity contribution is -0.385. The summed E-state index contributed by atoms with van der Waals surface area (Å²) in [4.78, 5) is 10.1. The zero-order valence-corrected chi connectivity index (χ0v) is 9.70. The van der Waals surface area contributed by atoms with Crippen molar-refractivity contribution in [3.63, 3.8) is 0 Å². The molecule has 0 unspecified atom stereocenters. The SMILES string of the molecule is C=[N+]([O-])c1ccc(C#Cc2cocc2[N+](=O)[O-])cc1. The molecule has 0 fully saturated rings. The highest BCUT2D eigenvalue weighted by Gasteiger charge is 2.13. The predicted octanol–water partition coefficient (Wildman–Crippen LogP) is 2.43. The van der Waals surface area contributed by atoms with Gasteiger partial charge in [0.15, 0.2) is 6.26 Å². The van der Waals surface area contributed by atoms with Crippen LogP contribution in [0.5, 0.6) is 0 Å². The first-order valence-corrected chi connectivity index (χ1v) is 5.18. The Balaban J connectivity index is 2.26. The van der Waals surface area contributed by atoms with Crippen molar-refractivity contribution in [2.75, 3.05) is 0 Å². The van der Waals surface area contributed by atoms with E-state index in [2.05, 4.69) is 18.6 Å². The van der Waals surface area contributed by atoms with Gasteiger partial charge >= 0.3 is 5.69 Å². The van der Waals surface area contributed by atoms with E-state index in [1.54, 1.807) is 24.3 Å². The van der Waals surface area contributed by atoms with E-state index >= 15 is 0 Å². The molecule has 0 spiro atoms. The summed E-state index contributed by atoms with van der Waals surface area (Å²) < 4.78 is 5.23. The minimum atomic E-state index is -0.561. The van der Waals surface area contributed by atoms with E-state index in [-0.39, 0.29) is 11.3 Å². The largest absolute Gasteiger partial charge is 0.619 e. The van der Waals surface area contributed by atoms with Crippen LogP contribution in [0.1, 0.15) is 11.1 Å². The van der Waals surface area contributed by atoms with Crippen LogP contribution in [0.4, 0.5) is 11.4 Å². The van der Waals surface area contributed by atoms with Gasteiger partial charge < -0.3 is 9.62 Å². The molecule has 94 valence electrons. The van der Waals surface area contributed by atoms with E-state index in [1.165, 1.54) is 6.26 Å². The molecule has 1 aromatic carbocycles. The summed E-state index contributed by atoms with van der Waals surface area (Å²) in [5.74, 6) is 5.40. The first-order chi connectivity index (χ1) is 9.08. The third-order valence-electron chi connectivity index (χ3n) is 2.34. The van der Waals surface area contributed by atoms with Crippen molar-refractivity contribution in [1.29, 1.82) is 0 Å². The lowest BCUT2D eigenvalue weighted by atomic mass is 10.2. The van der Waals surface area contributed by atoms with E-state index in [4.69, 9.17) is 4.42 Å². The zero-order valence-electron chi connectivity index (χ0n) is 9.70. The quantitative estimate of drug-likeness (QED) is 0.206. The van der Waals surface area contributed by atoms with Crippen LogP contribution in [0.25, 0.3) is 0 Å². The number of nitro groups is 1. The fraction of sp³-hybridized carbons (Fsp3) is 0. The number of benzene rings is 1. The van der Waals surface area contributed by atoms with Crippen LogP contribution in [0.15, 0.2) is 41.2 Å². The number of hydrogen-bond acceptors (Lipinski definition) is 4. The summed E-state index contributed by atoms with van der Waals surface area (Å²) in [6, 6.07) is 6.39. The Bertz CT molecular complexity index is 689. The smallest absolute Gasteiger partial charge is 0.322 e. The standard InChI is InChI=1S/C13H8N2O4/c1-14(16)12-6-3-10(4-7-12)2-5-11-8-19-9-13(11)15(17)18/h3-4,6-9H,1H2. The molecule has 0 amide bonds. The predicted molar refractivity (Wildman–Crippen MR) is 68.2 cm³/mol. The molecule has 0 bridgehead atoms. The van der Waals surface area contributed by atoms with E-state index in [0.29, 0.717) is 16.0 Å². The van der Waals surface area contributed by atoms with Gasteiger partial charge in [-0.25, -0.2) is 0 Å². The number of nitrogens with zero attached hydrogens (tertiary/aromatic N) is 2. The second-order valence-electron chi connectivity index (χ2n) is 3.60. The second-order valence-corrected chi connectivity index (χ2v) is 3.60. The first-order valence-electron chi connectivity index (χ1n) is 5.18. The van der Waals surface area contributed by atoms with E-state index in [9.17, 15) is 15.3 Å². The van der Waals surface area contributed by atoms with Gasteiger partial charge in [-0.05, 0) is 12.1 Å². The molecule has 0 aliphatic heterocycles. The molecule has 1 heterocycles. The van der Waals surface area contributed by atoms with Crippen molar-refractivity contribution in [1.82, 2.24) is 0 Å². The summed E-state index contributed by atoms with van der Waals surface area (Å²) in [6.07, 6.45) is 2.25. The maximum absolute atomic E-state index is 10.9. The maximum Gasteiger partial charge on any atom is 0.322 e. The molecule has 0 atom stereocenters. The molecule has 2 aromatic rings. The third-order valence-corrected chi connectivity index (χ3v) is 2.34. The van der Waals surface area contributed by atoms with Gasteiger partial charge in [0.25, 0.3) is 0 Å². The molecular weight excluding hydrogens is 248 g/mol. The van der Waals surface area contributed by atoms with Crippen LogP contribution < -0.4 is 0 Å². The molecule has 19 heavy (non-hydrogen) atoms. The van der Waals surface area contributed by atoms with Crippen LogP contribution in [0.2, 0.25) is 0 Å². The van der Waals surface area contributed by atoms with Crippen LogP contribution in [-0.4, -0.2) is 16.4 Å². The summed E-state index contributed by atoms with van der Waals surface area (Å²) in [5.41, 5.74) is 1.06. The molecule has 6 nitrogen and oxygen atoms in total. The van der Waals surface area contributed by atoms with E-state index in [1.807, 2.05) is 0 Å². The highest BCUT2D eigenvalue weighted by atomic mass is 16.6. The minimum Gasteiger partial charge on any atom is -0.619 e. The number of furan rings is 1. The normalized spacial score (nSPS) is 9.47. The Labute approximate surface area is 108 Å². The van der Waals surface area contributed by atoms with Crippen molar-refractivity contribution in [3.8, 4) is 11.8 Å². The lowest BCUT2D eigenvalue weighted by Crippen LogP contribution is -1.89. The summed E-state index contributed by atoms with van der Waals surface area (Å²) in [6.45, 7) is 3.21. The molecular formula is C13H8N2O4. The van der Waals surface area contributed by atoms with Crippen molar-refractivity contribution in [3.05, 3.63) is 63.2 Å². The second kappa shape index (κ2) is 5.06. The number of hydrogen-bond donors (Lipinski definition) is 0. The van der Waals surface area contributed by atoms with Gasteiger partial charge in [-0.1, -0.05) is 11.8 Å². The number of rotatable bonds is 2. The van der Waals surface area contributed by atoms with Gasteiger partial charge in [0, 0.05) is 17.7 Å². The molecule has 0 aliphatic rings. The van der Waals surface area contributed by atoms with Crippen LogP contribution in [0.3, 0.4) is 0 Å². The van der Waals surface area contributed by atoms with Gasteiger partial charge in [-0.2, -0.15) is 4.74 Å². The fourth-order valence-electron chi connectivity index (χ4n) is 1.38. The van der Waals surface area contributed by atoms with Crippen LogP contribution in [0, 0.1) is 27.2 Å². The van der Waals surface area contributed by atoms with Gasteiger partial charge in [0.1, 0.15) is 18.5 Å². The minimum absolute atomic E-state index is 0.174. The molecule has 6 heteroatoms. The van der Waals surface area contributed by atoms with Gasteiger partial charge in [-0.3, -0.25) is 10.1 Å².